The van der Waals surface area contributed by atoms with Gasteiger partial charge < -0.3 is 5.73 Å². The van der Waals surface area contributed by atoms with Crippen molar-refractivity contribution in [1.29, 1.82) is 0 Å². The van der Waals surface area contributed by atoms with Crippen molar-refractivity contribution in [2.24, 2.45) is 10.7 Å². The van der Waals surface area contributed by atoms with Gasteiger partial charge in [-0.15, -0.1) is 0 Å². The maximum absolute atomic E-state index is 10.2. The third-order valence-corrected chi connectivity index (χ3v) is 1.28. The van der Waals surface area contributed by atoms with E-state index >= 15 is 0 Å². The van der Waals surface area contributed by atoms with Crippen LogP contribution in [0.1, 0.15) is 0 Å². The van der Waals surface area contributed by atoms with Gasteiger partial charge in [0.1, 0.15) is 0 Å². The van der Waals surface area contributed by atoms with E-state index in [0.717, 1.165) is 6.34 Å². The summed E-state index contributed by atoms with van der Waals surface area (Å²) in [5.41, 5.74) is 5.68. The molecule has 0 unspecified atom stereocenters. The van der Waals surface area contributed by atoms with Crippen molar-refractivity contribution in [1.82, 2.24) is 0 Å². The molecule has 0 atom stereocenters. The van der Waals surface area contributed by atoms with Crippen LogP contribution in [0, 0.1) is 10.1 Å². The standard InChI is InChI=1S/C7H7N3O2/c8-5-9-6-1-3-7(4-2-6)10(11)12/h1-5H,(H2,8,9). The Hall–Kier alpha value is -1.91. The number of nitro benzene ring substituents is 1. The Morgan fingerprint density at radius 2 is 2.00 bits per heavy atom. The molecule has 1 aromatic rings. The maximum atomic E-state index is 10.2. The lowest BCUT2D eigenvalue weighted by Gasteiger charge is -1.91. The van der Waals surface area contributed by atoms with Crippen LogP contribution in [0.2, 0.25) is 0 Å². The van der Waals surface area contributed by atoms with Crippen LogP contribution in [0.3, 0.4) is 0 Å². The van der Waals surface area contributed by atoms with E-state index in [9.17, 15) is 10.1 Å². The van der Waals surface area contributed by atoms with Crippen LogP contribution in [0.4, 0.5) is 11.4 Å². The number of nitrogens with two attached hydrogens (primary N) is 1. The van der Waals surface area contributed by atoms with Crippen molar-refractivity contribution in [3.63, 3.8) is 0 Å². The fraction of sp³-hybridized carbons (Fsp3) is 0. The van der Waals surface area contributed by atoms with Crippen LogP contribution in [0.15, 0.2) is 29.3 Å². The SMILES string of the molecule is NC=Nc1ccc([N+](=O)[O-])cc1. The van der Waals surface area contributed by atoms with E-state index in [-0.39, 0.29) is 5.69 Å². The Kier molecular flexibility index (Phi) is 2.37. The quantitative estimate of drug-likeness (QED) is 0.309. The molecular weight excluding hydrogens is 158 g/mol. The average molecular weight is 165 g/mol. The molecule has 0 spiro atoms. The van der Waals surface area contributed by atoms with Gasteiger partial charge >= 0.3 is 0 Å². The topological polar surface area (TPSA) is 81.5 Å². The molecule has 0 aliphatic rings. The first-order valence-corrected chi connectivity index (χ1v) is 3.23. The molecule has 0 saturated heterocycles. The van der Waals surface area contributed by atoms with Gasteiger partial charge in [-0.3, -0.25) is 10.1 Å². The van der Waals surface area contributed by atoms with Gasteiger partial charge in [0.25, 0.3) is 5.69 Å². The first kappa shape index (κ1) is 8.19. The van der Waals surface area contributed by atoms with Crippen molar-refractivity contribution in [3.05, 3.63) is 34.4 Å². The number of rotatable bonds is 2. The minimum atomic E-state index is -0.462. The fourth-order valence-corrected chi connectivity index (χ4v) is 0.746. The molecule has 0 aromatic heterocycles. The second-order valence-electron chi connectivity index (χ2n) is 2.05. The van der Waals surface area contributed by atoms with Crippen molar-refractivity contribution in [2.75, 3.05) is 0 Å². The van der Waals surface area contributed by atoms with E-state index in [1.165, 1.54) is 24.3 Å². The van der Waals surface area contributed by atoms with E-state index in [1.807, 2.05) is 0 Å². The van der Waals surface area contributed by atoms with Gasteiger partial charge in [0.05, 0.1) is 16.9 Å². The summed E-state index contributed by atoms with van der Waals surface area (Å²) in [6.45, 7) is 0. The summed E-state index contributed by atoms with van der Waals surface area (Å²) in [6, 6.07) is 5.81. The smallest absolute Gasteiger partial charge is 0.269 e. The summed E-state index contributed by atoms with van der Waals surface area (Å²) in [6.07, 6.45) is 1.14. The number of hydrogen-bond acceptors (Lipinski definition) is 3. The summed E-state index contributed by atoms with van der Waals surface area (Å²) >= 11 is 0. The second kappa shape index (κ2) is 3.47. The highest BCUT2D eigenvalue weighted by molar-refractivity contribution is 5.59. The lowest BCUT2D eigenvalue weighted by Crippen LogP contribution is -1.87. The van der Waals surface area contributed by atoms with Gasteiger partial charge in [-0.2, -0.15) is 0 Å². The molecule has 5 nitrogen and oxygen atoms in total. The third-order valence-electron chi connectivity index (χ3n) is 1.28. The average Bonchev–Trinajstić information content (AvgIpc) is 2.06. The number of nitrogens with zero attached hydrogens (tertiary/aromatic N) is 2. The molecule has 0 aliphatic carbocycles. The van der Waals surface area contributed by atoms with Gasteiger partial charge in [-0.05, 0) is 12.1 Å². The molecule has 0 amide bonds. The summed E-state index contributed by atoms with van der Waals surface area (Å²) in [5.74, 6) is 0. The number of nitro groups is 1. The van der Waals surface area contributed by atoms with Crippen LogP contribution in [0.25, 0.3) is 0 Å². The molecule has 2 N–H and O–H groups in total. The van der Waals surface area contributed by atoms with Crippen LogP contribution < -0.4 is 5.73 Å². The van der Waals surface area contributed by atoms with Crippen molar-refractivity contribution in [2.45, 2.75) is 0 Å². The largest absolute Gasteiger partial charge is 0.390 e. The van der Waals surface area contributed by atoms with Crippen molar-refractivity contribution < 1.29 is 4.92 Å². The second-order valence-corrected chi connectivity index (χ2v) is 2.05. The number of aliphatic imine (C=N–C) groups is 1. The highest BCUT2D eigenvalue weighted by Crippen LogP contribution is 2.16. The summed E-state index contributed by atoms with van der Waals surface area (Å²) < 4.78 is 0. The van der Waals surface area contributed by atoms with E-state index in [4.69, 9.17) is 5.73 Å². The first-order chi connectivity index (χ1) is 5.74. The minimum absolute atomic E-state index is 0.0472. The zero-order chi connectivity index (χ0) is 8.97. The van der Waals surface area contributed by atoms with Crippen LogP contribution in [0.5, 0.6) is 0 Å². The van der Waals surface area contributed by atoms with Crippen LogP contribution in [-0.4, -0.2) is 11.3 Å². The molecule has 5 heteroatoms. The lowest BCUT2D eigenvalue weighted by atomic mass is 10.3. The molecule has 0 bridgehead atoms. The monoisotopic (exact) mass is 165 g/mol. The highest BCUT2D eigenvalue weighted by atomic mass is 16.6. The molecule has 62 valence electrons. The Labute approximate surface area is 68.7 Å². The molecule has 0 aliphatic heterocycles. The Balaban J connectivity index is 2.93. The summed E-state index contributed by atoms with van der Waals surface area (Å²) in [5, 5.41) is 10.2. The van der Waals surface area contributed by atoms with E-state index in [2.05, 4.69) is 4.99 Å². The third kappa shape index (κ3) is 1.79. The minimum Gasteiger partial charge on any atom is -0.390 e. The Morgan fingerprint density at radius 3 is 2.42 bits per heavy atom. The molecule has 0 fully saturated rings. The Bertz CT molecular complexity index is 305. The number of benzene rings is 1. The van der Waals surface area contributed by atoms with Gasteiger partial charge in [0.2, 0.25) is 0 Å². The van der Waals surface area contributed by atoms with Crippen molar-refractivity contribution in [3.8, 4) is 0 Å². The summed E-state index contributed by atoms with van der Waals surface area (Å²) in [7, 11) is 0. The molecule has 0 saturated carbocycles. The van der Waals surface area contributed by atoms with Gasteiger partial charge in [0.15, 0.2) is 0 Å². The zero-order valence-electron chi connectivity index (χ0n) is 6.18. The molecule has 0 heterocycles. The van der Waals surface area contributed by atoms with Crippen LogP contribution in [-0.2, 0) is 0 Å². The number of non-ortho nitro benzene ring substituents is 1. The normalized spacial score (nSPS) is 10.3. The highest BCUT2D eigenvalue weighted by Gasteiger charge is 2.01. The molecular formula is C7H7N3O2. The van der Waals surface area contributed by atoms with E-state index in [1.54, 1.807) is 0 Å². The predicted octanol–water partition coefficient (Wildman–Crippen LogP) is 1.21. The predicted molar refractivity (Wildman–Crippen MR) is 45.4 cm³/mol. The molecule has 12 heavy (non-hydrogen) atoms. The maximum Gasteiger partial charge on any atom is 0.269 e. The van der Waals surface area contributed by atoms with E-state index < -0.39 is 4.92 Å². The van der Waals surface area contributed by atoms with Gasteiger partial charge in [-0.1, -0.05) is 0 Å². The first-order valence-electron chi connectivity index (χ1n) is 3.23. The van der Waals surface area contributed by atoms with Gasteiger partial charge in [0, 0.05) is 12.1 Å². The molecule has 1 rings (SSSR count). The lowest BCUT2D eigenvalue weighted by molar-refractivity contribution is -0.384. The van der Waals surface area contributed by atoms with E-state index in [0.29, 0.717) is 5.69 Å². The zero-order valence-corrected chi connectivity index (χ0v) is 6.18. The Morgan fingerprint density at radius 1 is 1.42 bits per heavy atom. The molecule has 0 radical (unpaired) electrons. The van der Waals surface area contributed by atoms with Crippen LogP contribution >= 0.6 is 0 Å². The van der Waals surface area contributed by atoms with Crippen molar-refractivity contribution >= 4 is 17.7 Å². The fourth-order valence-electron chi connectivity index (χ4n) is 0.746. The number of hydrogen-bond donors (Lipinski definition) is 1. The molecule has 1 aromatic carbocycles. The summed E-state index contributed by atoms with van der Waals surface area (Å²) in [4.78, 5) is 13.5. The van der Waals surface area contributed by atoms with Gasteiger partial charge in [-0.25, -0.2) is 4.99 Å².